The van der Waals surface area contributed by atoms with Gasteiger partial charge in [0.2, 0.25) is 5.91 Å². The summed E-state index contributed by atoms with van der Waals surface area (Å²) >= 11 is 1.48. The van der Waals surface area contributed by atoms with Crippen LogP contribution in [-0.4, -0.2) is 17.4 Å². The van der Waals surface area contributed by atoms with E-state index in [9.17, 15) is 4.79 Å². The van der Waals surface area contributed by atoms with Gasteiger partial charge < -0.3 is 11.1 Å². The Labute approximate surface area is 87.5 Å². The summed E-state index contributed by atoms with van der Waals surface area (Å²) in [5.41, 5.74) is 5.42. The fourth-order valence-electron chi connectivity index (χ4n) is 0.983. The van der Waals surface area contributed by atoms with E-state index in [1.807, 2.05) is 13.8 Å². The quantitative estimate of drug-likeness (QED) is 0.793. The molecule has 1 rings (SSSR count). The average Bonchev–Trinajstić information content (AvgIpc) is 2.50. The maximum Gasteiger partial charge on any atom is 0.226 e. The third-order valence-corrected chi connectivity index (χ3v) is 2.63. The molecule has 0 aliphatic carbocycles. The molecule has 1 amide bonds. The van der Waals surface area contributed by atoms with Gasteiger partial charge in [-0.15, -0.1) is 11.3 Å². The van der Waals surface area contributed by atoms with Gasteiger partial charge in [0.15, 0.2) is 5.13 Å². The van der Waals surface area contributed by atoms with E-state index in [1.54, 1.807) is 6.20 Å². The minimum Gasteiger partial charge on any atom is -0.330 e. The first-order valence-corrected chi connectivity index (χ1v) is 5.35. The van der Waals surface area contributed by atoms with Gasteiger partial charge in [0.1, 0.15) is 0 Å². The van der Waals surface area contributed by atoms with Crippen LogP contribution in [0.25, 0.3) is 0 Å². The first-order chi connectivity index (χ1) is 6.61. The summed E-state index contributed by atoms with van der Waals surface area (Å²) in [6, 6.07) is 0. The number of carbonyl (C=O) groups is 1. The Morgan fingerprint density at radius 2 is 2.50 bits per heavy atom. The molecular weight excluding hydrogens is 198 g/mol. The van der Waals surface area contributed by atoms with Crippen molar-refractivity contribution in [1.82, 2.24) is 4.98 Å². The molecule has 1 unspecified atom stereocenters. The largest absolute Gasteiger partial charge is 0.330 e. The minimum absolute atomic E-state index is 0.0164. The average molecular weight is 213 g/mol. The monoisotopic (exact) mass is 213 g/mol. The van der Waals surface area contributed by atoms with Crippen molar-refractivity contribution in [2.75, 3.05) is 11.9 Å². The van der Waals surface area contributed by atoms with Crippen molar-refractivity contribution < 1.29 is 4.79 Å². The van der Waals surface area contributed by atoms with Crippen molar-refractivity contribution in [1.29, 1.82) is 0 Å². The van der Waals surface area contributed by atoms with Crippen molar-refractivity contribution in [3.63, 3.8) is 0 Å². The van der Waals surface area contributed by atoms with Gasteiger partial charge in [0, 0.05) is 17.5 Å². The van der Waals surface area contributed by atoms with E-state index < -0.39 is 0 Å². The molecular formula is C9H15N3OS. The second-order valence-electron chi connectivity index (χ2n) is 3.37. The smallest absolute Gasteiger partial charge is 0.226 e. The van der Waals surface area contributed by atoms with Crippen LogP contribution in [0.5, 0.6) is 0 Å². The van der Waals surface area contributed by atoms with E-state index in [1.165, 1.54) is 11.3 Å². The number of amides is 1. The fraction of sp³-hybridized carbons (Fsp3) is 0.556. The van der Waals surface area contributed by atoms with Crippen LogP contribution in [0.3, 0.4) is 0 Å². The second kappa shape index (κ2) is 5.07. The van der Waals surface area contributed by atoms with Crippen LogP contribution >= 0.6 is 11.3 Å². The van der Waals surface area contributed by atoms with Gasteiger partial charge in [-0.2, -0.15) is 0 Å². The number of nitrogens with zero attached hydrogens (tertiary/aromatic N) is 1. The van der Waals surface area contributed by atoms with E-state index in [4.69, 9.17) is 5.73 Å². The van der Waals surface area contributed by atoms with Crippen molar-refractivity contribution in [3.05, 3.63) is 11.1 Å². The van der Waals surface area contributed by atoms with E-state index in [2.05, 4.69) is 10.3 Å². The molecule has 14 heavy (non-hydrogen) atoms. The van der Waals surface area contributed by atoms with Crippen molar-refractivity contribution in [2.24, 2.45) is 11.7 Å². The van der Waals surface area contributed by atoms with Crippen LogP contribution in [0.2, 0.25) is 0 Å². The van der Waals surface area contributed by atoms with Crippen LogP contribution < -0.4 is 11.1 Å². The van der Waals surface area contributed by atoms with Crippen LogP contribution in [0.1, 0.15) is 18.2 Å². The highest BCUT2D eigenvalue weighted by atomic mass is 32.1. The molecule has 0 aliphatic rings. The van der Waals surface area contributed by atoms with E-state index >= 15 is 0 Å². The summed E-state index contributed by atoms with van der Waals surface area (Å²) in [7, 11) is 0. The molecule has 0 fully saturated rings. The number of hydrogen-bond acceptors (Lipinski definition) is 4. The molecule has 4 nitrogen and oxygen atoms in total. The molecule has 78 valence electrons. The first kappa shape index (κ1) is 11.1. The van der Waals surface area contributed by atoms with Gasteiger partial charge in [-0.25, -0.2) is 4.98 Å². The first-order valence-electron chi connectivity index (χ1n) is 4.54. The number of thiazole rings is 1. The van der Waals surface area contributed by atoms with Crippen LogP contribution in [0.4, 0.5) is 5.13 Å². The van der Waals surface area contributed by atoms with Gasteiger partial charge >= 0.3 is 0 Å². The molecule has 3 N–H and O–H groups in total. The summed E-state index contributed by atoms with van der Waals surface area (Å²) in [4.78, 5) is 16.5. The number of nitrogens with two attached hydrogens (primary N) is 1. The lowest BCUT2D eigenvalue weighted by atomic mass is 10.1. The van der Waals surface area contributed by atoms with E-state index in [0.29, 0.717) is 18.1 Å². The normalized spacial score (nSPS) is 12.5. The third kappa shape index (κ3) is 3.43. The molecule has 0 spiro atoms. The zero-order valence-electron chi connectivity index (χ0n) is 8.41. The molecule has 0 aliphatic heterocycles. The number of hydrogen-bond donors (Lipinski definition) is 2. The summed E-state index contributed by atoms with van der Waals surface area (Å²) in [6.45, 7) is 4.44. The Hall–Kier alpha value is -0.940. The van der Waals surface area contributed by atoms with Gasteiger partial charge in [-0.05, 0) is 19.4 Å². The molecule has 1 heterocycles. The standard InChI is InChI=1S/C9H15N3OS/c1-6(4-10)3-8(13)12-9-11-5-7(2)14-9/h5-6H,3-4,10H2,1-2H3,(H,11,12,13). The minimum atomic E-state index is -0.0164. The predicted octanol–water partition coefficient (Wildman–Crippen LogP) is 1.37. The lowest BCUT2D eigenvalue weighted by molar-refractivity contribution is -0.116. The zero-order chi connectivity index (χ0) is 10.6. The molecule has 0 saturated heterocycles. The summed E-state index contributed by atoms with van der Waals surface area (Å²) < 4.78 is 0. The summed E-state index contributed by atoms with van der Waals surface area (Å²) in [5.74, 6) is 0.202. The maximum atomic E-state index is 11.4. The van der Waals surface area contributed by atoms with Crippen LogP contribution in [0, 0.1) is 12.8 Å². The Balaban J connectivity index is 2.41. The van der Waals surface area contributed by atoms with Crippen molar-refractivity contribution in [2.45, 2.75) is 20.3 Å². The third-order valence-electron chi connectivity index (χ3n) is 1.80. The van der Waals surface area contributed by atoms with Gasteiger partial charge in [-0.3, -0.25) is 4.79 Å². The molecule has 0 saturated carbocycles. The highest BCUT2D eigenvalue weighted by Gasteiger charge is 2.09. The van der Waals surface area contributed by atoms with E-state index in [-0.39, 0.29) is 11.8 Å². The highest BCUT2D eigenvalue weighted by Crippen LogP contribution is 2.16. The van der Waals surface area contributed by atoms with Gasteiger partial charge in [0.05, 0.1) is 0 Å². The van der Waals surface area contributed by atoms with Crippen LogP contribution in [-0.2, 0) is 4.79 Å². The SMILES string of the molecule is Cc1cnc(NC(=O)CC(C)CN)s1. The Bertz CT molecular complexity index is 311. The fourth-order valence-corrected chi connectivity index (χ4v) is 1.66. The van der Waals surface area contributed by atoms with E-state index in [0.717, 1.165) is 4.88 Å². The van der Waals surface area contributed by atoms with Crippen molar-refractivity contribution in [3.8, 4) is 0 Å². The number of aromatic nitrogens is 1. The zero-order valence-corrected chi connectivity index (χ0v) is 9.23. The Morgan fingerprint density at radius 3 is 3.00 bits per heavy atom. The number of nitrogens with one attached hydrogen (secondary N) is 1. The number of aryl methyl sites for hydroxylation is 1. The molecule has 0 bridgehead atoms. The maximum absolute atomic E-state index is 11.4. The number of rotatable bonds is 4. The Morgan fingerprint density at radius 1 is 1.79 bits per heavy atom. The molecule has 5 heteroatoms. The highest BCUT2D eigenvalue weighted by molar-refractivity contribution is 7.15. The summed E-state index contributed by atoms with van der Waals surface area (Å²) in [6.07, 6.45) is 2.20. The number of carbonyl (C=O) groups excluding carboxylic acids is 1. The Kier molecular flexibility index (Phi) is 4.03. The predicted molar refractivity (Wildman–Crippen MR) is 58.3 cm³/mol. The molecule has 1 aromatic rings. The van der Waals surface area contributed by atoms with Gasteiger partial charge in [-0.1, -0.05) is 6.92 Å². The van der Waals surface area contributed by atoms with Crippen LogP contribution in [0.15, 0.2) is 6.20 Å². The lowest BCUT2D eigenvalue weighted by Gasteiger charge is -2.06. The second-order valence-corrected chi connectivity index (χ2v) is 4.60. The van der Waals surface area contributed by atoms with Crippen molar-refractivity contribution >= 4 is 22.4 Å². The number of anilines is 1. The molecule has 0 aromatic carbocycles. The topological polar surface area (TPSA) is 68.0 Å². The van der Waals surface area contributed by atoms with Gasteiger partial charge in [0.25, 0.3) is 0 Å². The summed E-state index contributed by atoms with van der Waals surface area (Å²) in [5, 5.41) is 3.40. The lowest BCUT2D eigenvalue weighted by Crippen LogP contribution is -2.19. The molecule has 1 atom stereocenters. The molecule has 0 radical (unpaired) electrons. The molecule has 1 aromatic heterocycles.